The fourth-order valence-electron chi connectivity index (χ4n) is 0.939. The van der Waals surface area contributed by atoms with Crippen molar-refractivity contribution < 1.29 is 9.21 Å². The van der Waals surface area contributed by atoms with Crippen molar-refractivity contribution in [1.82, 2.24) is 5.32 Å². The van der Waals surface area contributed by atoms with E-state index in [9.17, 15) is 4.79 Å². The van der Waals surface area contributed by atoms with Gasteiger partial charge in [-0.25, -0.2) is 0 Å². The molecule has 0 atom stereocenters. The highest BCUT2D eigenvalue weighted by molar-refractivity contribution is 9.10. The van der Waals surface area contributed by atoms with Crippen LogP contribution in [-0.4, -0.2) is 17.4 Å². The normalized spacial score (nSPS) is 11.2. The van der Waals surface area contributed by atoms with Crippen LogP contribution in [-0.2, 0) is 0 Å². The third-order valence-electron chi connectivity index (χ3n) is 2.22. The molecule has 3 N–H and O–H groups in total. The van der Waals surface area contributed by atoms with Gasteiger partial charge in [-0.05, 0) is 22.0 Å². The number of nitrogens with one attached hydrogen (secondary N) is 1. The van der Waals surface area contributed by atoms with Crippen LogP contribution in [0.4, 0.5) is 0 Å². The van der Waals surface area contributed by atoms with Gasteiger partial charge in [0.2, 0.25) is 0 Å². The standard InChI is InChI=1S/C10H13BrN2O2S/c1-10(2,9(12)16)5-13-8(14)6-3-4-15-7(6)11/h3-4H,5H2,1-2H3,(H2,12,16)(H,13,14). The van der Waals surface area contributed by atoms with Gasteiger partial charge in [0.1, 0.15) is 0 Å². The summed E-state index contributed by atoms with van der Waals surface area (Å²) in [6, 6.07) is 1.59. The van der Waals surface area contributed by atoms with Crippen LogP contribution in [0.1, 0.15) is 24.2 Å². The Morgan fingerprint density at radius 2 is 2.31 bits per heavy atom. The second-order valence-electron chi connectivity index (χ2n) is 4.04. The molecule has 0 unspecified atom stereocenters. The molecule has 0 aliphatic heterocycles. The number of nitrogens with two attached hydrogens (primary N) is 1. The topological polar surface area (TPSA) is 68.3 Å². The first-order chi connectivity index (χ1) is 7.34. The van der Waals surface area contributed by atoms with Crippen molar-refractivity contribution in [3.63, 3.8) is 0 Å². The predicted molar refractivity (Wildman–Crippen MR) is 69.3 cm³/mol. The lowest BCUT2D eigenvalue weighted by molar-refractivity contribution is 0.0943. The van der Waals surface area contributed by atoms with E-state index in [1.54, 1.807) is 6.07 Å². The third kappa shape index (κ3) is 3.05. The second-order valence-corrected chi connectivity index (χ2v) is 5.20. The van der Waals surface area contributed by atoms with Crippen molar-refractivity contribution in [1.29, 1.82) is 0 Å². The Hall–Kier alpha value is -0.880. The minimum Gasteiger partial charge on any atom is -0.457 e. The minimum atomic E-state index is -0.402. The summed E-state index contributed by atoms with van der Waals surface area (Å²) in [5, 5.41) is 2.75. The minimum absolute atomic E-state index is 0.218. The molecule has 0 aliphatic rings. The largest absolute Gasteiger partial charge is 0.457 e. The van der Waals surface area contributed by atoms with E-state index in [4.69, 9.17) is 22.4 Å². The Morgan fingerprint density at radius 3 is 2.75 bits per heavy atom. The maximum atomic E-state index is 11.7. The lowest BCUT2D eigenvalue weighted by atomic mass is 9.93. The molecule has 88 valence electrons. The van der Waals surface area contributed by atoms with Crippen LogP contribution >= 0.6 is 28.1 Å². The van der Waals surface area contributed by atoms with E-state index >= 15 is 0 Å². The fourth-order valence-corrected chi connectivity index (χ4v) is 1.43. The summed E-state index contributed by atoms with van der Waals surface area (Å²) in [6.45, 7) is 4.14. The van der Waals surface area contributed by atoms with Gasteiger partial charge in [-0.3, -0.25) is 4.79 Å². The van der Waals surface area contributed by atoms with Crippen molar-refractivity contribution in [2.45, 2.75) is 13.8 Å². The van der Waals surface area contributed by atoms with Gasteiger partial charge in [-0.15, -0.1) is 0 Å². The van der Waals surface area contributed by atoms with E-state index in [1.807, 2.05) is 13.8 Å². The van der Waals surface area contributed by atoms with Crippen LogP contribution in [0, 0.1) is 5.41 Å². The van der Waals surface area contributed by atoms with Crippen molar-refractivity contribution in [3.8, 4) is 0 Å². The van der Waals surface area contributed by atoms with Gasteiger partial charge in [-0.2, -0.15) is 0 Å². The second kappa shape index (κ2) is 4.97. The van der Waals surface area contributed by atoms with Crippen LogP contribution in [0.15, 0.2) is 21.4 Å². The molecule has 0 saturated carbocycles. The lowest BCUT2D eigenvalue weighted by Crippen LogP contribution is -2.41. The first-order valence-electron chi connectivity index (χ1n) is 4.65. The molecule has 0 radical (unpaired) electrons. The molecule has 0 fully saturated rings. The van der Waals surface area contributed by atoms with E-state index < -0.39 is 5.41 Å². The molecule has 0 bridgehead atoms. The summed E-state index contributed by atoms with van der Waals surface area (Å²) in [5.74, 6) is -0.218. The molecule has 1 aromatic rings. The van der Waals surface area contributed by atoms with E-state index in [2.05, 4.69) is 21.2 Å². The lowest BCUT2D eigenvalue weighted by Gasteiger charge is -2.23. The monoisotopic (exact) mass is 304 g/mol. The molecule has 1 rings (SSSR count). The fraction of sp³-hybridized carbons (Fsp3) is 0.400. The maximum absolute atomic E-state index is 11.7. The average Bonchev–Trinajstić information content (AvgIpc) is 2.61. The van der Waals surface area contributed by atoms with Gasteiger partial charge in [0.25, 0.3) is 5.91 Å². The third-order valence-corrected chi connectivity index (χ3v) is 3.39. The first-order valence-corrected chi connectivity index (χ1v) is 5.86. The van der Waals surface area contributed by atoms with Crippen molar-refractivity contribution in [2.24, 2.45) is 11.1 Å². The summed E-state index contributed by atoms with van der Waals surface area (Å²) in [4.78, 5) is 12.1. The number of thiocarbonyl (C=S) groups is 1. The highest BCUT2D eigenvalue weighted by Gasteiger charge is 2.23. The Bertz CT molecular complexity index is 415. The first kappa shape index (κ1) is 13.2. The van der Waals surface area contributed by atoms with Crippen LogP contribution in [0.2, 0.25) is 0 Å². The number of hydrogen-bond donors (Lipinski definition) is 2. The van der Waals surface area contributed by atoms with Crippen molar-refractivity contribution in [3.05, 3.63) is 22.6 Å². The molecule has 1 amide bonds. The molecule has 4 nitrogen and oxygen atoms in total. The van der Waals surface area contributed by atoms with Crippen LogP contribution in [0.5, 0.6) is 0 Å². The zero-order valence-corrected chi connectivity index (χ0v) is 11.4. The molecular formula is C10H13BrN2O2S. The van der Waals surface area contributed by atoms with Crippen LogP contribution in [0.3, 0.4) is 0 Å². The summed E-state index contributed by atoms with van der Waals surface area (Å²) >= 11 is 8.05. The molecule has 1 heterocycles. The number of carbonyl (C=O) groups excluding carboxylic acids is 1. The molecule has 0 aliphatic carbocycles. The zero-order valence-electron chi connectivity index (χ0n) is 9.04. The summed E-state index contributed by atoms with van der Waals surface area (Å²) in [5.41, 5.74) is 5.61. The number of carbonyl (C=O) groups is 1. The summed E-state index contributed by atoms with van der Waals surface area (Å²) < 4.78 is 5.39. The Labute approximate surface area is 108 Å². The molecule has 6 heteroatoms. The SMILES string of the molecule is CC(C)(CNC(=O)c1ccoc1Br)C(N)=S. The number of rotatable bonds is 4. The smallest absolute Gasteiger partial charge is 0.255 e. The number of hydrogen-bond acceptors (Lipinski definition) is 3. The molecule has 1 aromatic heterocycles. The highest BCUT2D eigenvalue weighted by Crippen LogP contribution is 2.18. The van der Waals surface area contributed by atoms with Crippen molar-refractivity contribution in [2.75, 3.05) is 6.54 Å². The Balaban J connectivity index is 2.61. The Kier molecular flexibility index (Phi) is 4.09. The van der Waals surface area contributed by atoms with Gasteiger partial charge < -0.3 is 15.5 Å². The maximum Gasteiger partial charge on any atom is 0.255 e. The average molecular weight is 305 g/mol. The number of halogens is 1. The van der Waals surface area contributed by atoms with E-state index in [0.717, 1.165) is 0 Å². The number of amides is 1. The van der Waals surface area contributed by atoms with Gasteiger partial charge >= 0.3 is 0 Å². The number of furan rings is 1. The van der Waals surface area contributed by atoms with Crippen molar-refractivity contribution >= 4 is 39.0 Å². The van der Waals surface area contributed by atoms with Crippen LogP contribution < -0.4 is 11.1 Å². The molecule has 0 aromatic carbocycles. The van der Waals surface area contributed by atoms with Crippen LogP contribution in [0.25, 0.3) is 0 Å². The Morgan fingerprint density at radius 1 is 1.69 bits per heavy atom. The van der Waals surface area contributed by atoms with Gasteiger partial charge in [0.15, 0.2) is 4.67 Å². The summed E-state index contributed by atoms with van der Waals surface area (Å²) in [6.07, 6.45) is 1.44. The molecule has 0 spiro atoms. The van der Waals surface area contributed by atoms with E-state index in [0.29, 0.717) is 21.8 Å². The highest BCUT2D eigenvalue weighted by atomic mass is 79.9. The molecule has 16 heavy (non-hydrogen) atoms. The summed E-state index contributed by atoms with van der Waals surface area (Å²) in [7, 11) is 0. The van der Waals surface area contributed by atoms with Gasteiger partial charge in [-0.1, -0.05) is 26.1 Å². The predicted octanol–water partition coefficient (Wildman–Crippen LogP) is 2.08. The molecule has 0 saturated heterocycles. The van der Waals surface area contributed by atoms with Gasteiger partial charge in [0, 0.05) is 12.0 Å². The molecular weight excluding hydrogens is 292 g/mol. The zero-order chi connectivity index (χ0) is 12.3. The van der Waals surface area contributed by atoms with E-state index in [1.165, 1.54) is 6.26 Å². The van der Waals surface area contributed by atoms with Gasteiger partial charge in [0.05, 0.1) is 16.8 Å². The van der Waals surface area contributed by atoms with E-state index in [-0.39, 0.29) is 5.91 Å². The quantitative estimate of drug-likeness (QED) is 0.836.